The van der Waals surface area contributed by atoms with E-state index >= 15 is 0 Å². The van der Waals surface area contributed by atoms with Crippen LogP contribution in [0.4, 0.5) is 4.79 Å². The molecular formula is C14H18N4O2. The molecule has 2 aliphatic heterocycles. The minimum Gasteiger partial charge on any atom is -0.443 e. The number of amides is 1. The number of carbonyl (C=O) groups excluding carboxylic acids is 1. The normalized spacial score (nSPS) is 16.9. The maximum Gasteiger partial charge on any atom is 0.414 e. The van der Waals surface area contributed by atoms with Gasteiger partial charge in [0.1, 0.15) is 5.60 Å². The van der Waals surface area contributed by atoms with Gasteiger partial charge in [-0.3, -0.25) is 4.90 Å². The Labute approximate surface area is 117 Å². The standard InChI is InChI=1S/C14H18N4O2/c1-14(2,3)20-13(19)17-8-5-10-11(9-17)18-7-4-6-15-12(18)16-10/h4,6,9H,5,7-8H2,1-3H3. The second-order valence-electron chi connectivity index (χ2n) is 5.92. The summed E-state index contributed by atoms with van der Waals surface area (Å²) in [6.45, 7) is 6.92. The SMILES string of the molecule is CC(C)(C)OC(=O)N1C=c2c(nc3n2CC=CN=3)CC1. The molecule has 20 heavy (non-hydrogen) atoms. The second-order valence-corrected chi connectivity index (χ2v) is 5.92. The zero-order valence-corrected chi connectivity index (χ0v) is 12.0. The fraction of sp³-hybridized carbons (Fsp3) is 0.500. The molecule has 106 valence electrons. The molecular weight excluding hydrogens is 256 g/mol. The van der Waals surface area contributed by atoms with Crippen molar-refractivity contribution in [2.75, 3.05) is 6.54 Å². The van der Waals surface area contributed by atoms with E-state index in [9.17, 15) is 4.79 Å². The van der Waals surface area contributed by atoms with Gasteiger partial charge in [0.05, 0.1) is 11.0 Å². The topological polar surface area (TPSA) is 59.7 Å². The quantitative estimate of drug-likeness (QED) is 0.694. The third-order valence-corrected chi connectivity index (χ3v) is 3.14. The maximum absolute atomic E-state index is 12.1. The van der Waals surface area contributed by atoms with Crippen LogP contribution in [0, 0.1) is 0 Å². The average molecular weight is 274 g/mol. The largest absolute Gasteiger partial charge is 0.443 e. The average Bonchev–Trinajstić information content (AvgIpc) is 2.74. The summed E-state index contributed by atoms with van der Waals surface area (Å²) >= 11 is 0. The van der Waals surface area contributed by atoms with Gasteiger partial charge < -0.3 is 9.30 Å². The van der Waals surface area contributed by atoms with Crippen molar-refractivity contribution in [1.82, 2.24) is 14.5 Å². The Morgan fingerprint density at radius 1 is 1.40 bits per heavy atom. The van der Waals surface area contributed by atoms with E-state index in [-0.39, 0.29) is 6.09 Å². The number of carbonyl (C=O) groups is 1. The number of aromatic nitrogens is 2. The Kier molecular flexibility index (Phi) is 2.88. The summed E-state index contributed by atoms with van der Waals surface area (Å²) in [5.41, 5.74) is 1.21. The van der Waals surface area contributed by atoms with Gasteiger partial charge in [-0.15, -0.1) is 0 Å². The van der Waals surface area contributed by atoms with Crippen LogP contribution in [0.2, 0.25) is 0 Å². The highest BCUT2D eigenvalue weighted by molar-refractivity contribution is 5.73. The molecule has 0 N–H and O–H groups in total. The van der Waals surface area contributed by atoms with E-state index in [1.54, 1.807) is 11.1 Å². The van der Waals surface area contributed by atoms with Gasteiger partial charge in [0.2, 0.25) is 5.62 Å². The molecule has 1 aromatic heterocycles. The number of imidazole rings is 1. The first-order chi connectivity index (χ1) is 9.44. The van der Waals surface area contributed by atoms with Gasteiger partial charge in [0, 0.05) is 31.9 Å². The highest BCUT2D eigenvalue weighted by Gasteiger charge is 2.24. The number of ether oxygens (including phenoxy) is 1. The number of hydrogen-bond donors (Lipinski definition) is 0. The van der Waals surface area contributed by atoms with Crippen LogP contribution in [0.3, 0.4) is 0 Å². The molecule has 0 saturated carbocycles. The summed E-state index contributed by atoms with van der Waals surface area (Å²) in [7, 11) is 0. The van der Waals surface area contributed by atoms with Crippen LogP contribution in [0.25, 0.3) is 6.20 Å². The van der Waals surface area contributed by atoms with Crippen molar-refractivity contribution in [2.45, 2.75) is 39.3 Å². The van der Waals surface area contributed by atoms with Gasteiger partial charge in [-0.1, -0.05) is 0 Å². The molecule has 0 aromatic carbocycles. The van der Waals surface area contributed by atoms with E-state index in [1.165, 1.54) is 0 Å². The lowest BCUT2D eigenvalue weighted by Gasteiger charge is -2.26. The van der Waals surface area contributed by atoms with Gasteiger partial charge in [0.15, 0.2) is 0 Å². The molecule has 2 aliphatic rings. The predicted octanol–water partition coefficient (Wildman–Crippen LogP) is 0.561. The molecule has 0 spiro atoms. The van der Waals surface area contributed by atoms with Gasteiger partial charge in [0.25, 0.3) is 0 Å². The summed E-state index contributed by atoms with van der Waals surface area (Å²) < 4.78 is 7.41. The van der Waals surface area contributed by atoms with Gasteiger partial charge in [-0.05, 0) is 26.8 Å². The highest BCUT2D eigenvalue weighted by Crippen LogP contribution is 2.12. The summed E-state index contributed by atoms with van der Waals surface area (Å²) in [4.78, 5) is 22.5. The monoisotopic (exact) mass is 274 g/mol. The van der Waals surface area contributed by atoms with E-state index in [2.05, 4.69) is 9.98 Å². The second kappa shape index (κ2) is 4.47. The summed E-state index contributed by atoms with van der Waals surface area (Å²) in [5.74, 6) is 0. The molecule has 1 aromatic rings. The number of nitrogens with zero attached hydrogens (tertiary/aromatic N) is 4. The first kappa shape index (κ1) is 12.9. The highest BCUT2D eigenvalue weighted by atomic mass is 16.6. The van der Waals surface area contributed by atoms with E-state index in [0.717, 1.165) is 24.0 Å². The number of rotatable bonds is 0. The summed E-state index contributed by atoms with van der Waals surface area (Å²) in [6, 6.07) is 0. The first-order valence-electron chi connectivity index (χ1n) is 6.74. The smallest absolute Gasteiger partial charge is 0.414 e. The lowest BCUT2D eigenvalue weighted by Crippen LogP contribution is -2.40. The van der Waals surface area contributed by atoms with Crippen molar-refractivity contribution < 1.29 is 9.53 Å². The molecule has 0 atom stereocenters. The van der Waals surface area contributed by atoms with Crippen molar-refractivity contribution in [3.63, 3.8) is 0 Å². The van der Waals surface area contributed by atoms with E-state index in [4.69, 9.17) is 4.74 Å². The van der Waals surface area contributed by atoms with Gasteiger partial charge in [-0.2, -0.15) is 0 Å². The van der Waals surface area contributed by atoms with Gasteiger partial charge >= 0.3 is 6.09 Å². The molecule has 3 rings (SSSR count). The van der Waals surface area contributed by atoms with Crippen molar-refractivity contribution in [2.24, 2.45) is 4.99 Å². The zero-order chi connectivity index (χ0) is 14.3. The molecule has 3 heterocycles. The fourth-order valence-corrected chi connectivity index (χ4v) is 2.28. The molecule has 0 aliphatic carbocycles. The summed E-state index contributed by atoms with van der Waals surface area (Å²) in [6.07, 6.45) is 5.95. The number of allylic oxidation sites excluding steroid dienone is 1. The van der Waals surface area contributed by atoms with Crippen LogP contribution < -0.4 is 11.0 Å². The van der Waals surface area contributed by atoms with Crippen molar-refractivity contribution >= 4 is 12.3 Å². The minimum absolute atomic E-state index is 0.318. The Bertz CT molecular complexity index is 694. The van der Waals surface area contributed by atoms with E-state index in [0.29, 0.717) is 12.2 Å². The maximum atomic E-state index is 12.1. The van der Waals surface area contributed by atoms with Crippen LogP contribution in [0.1, 0.15) is 26.5 Å². The molecule has 0 bridgehead atoms. The first-order valence-corrected chi connectivity index (χ1v) is 6.74. The lowest BCUT2D eigenvalue weighted by molar-refractivity contribution is 0.0359. The molecule has 0 radical (unpaired) electrons. The molecule has 6 heteroatoms. The van der Waals surface area contributed by atoms with E-state index in [1.807, 2.05) is 37.6 Å². The van der Waals surface area contributed by atoms with Gasteiger partial charge in [-0.25, -0.2) is 14.8 Å². The molecule has 6 nitrogen and oxygen atoms in total. The fourth-order valence-electron chi connectivity index (χ4n) is 2.28. The minimum atomic E-state index is -0.486. The lowest BCUT2D eigenvalue weighted by atomic mass is 10.2. The molecule has 0 saturated heterocycles. The summed E-state index contributed by atoms with van der Waals surface area (Å²) in [5, 5.41) is 0.949. The molecule has 0 fully saturated rings. The van der Waals surface area contributed by atoms with Crippen LogP contribution >= 0.6 is 0 Å². The number of hydrogen-bond acceptors (Lipinski definition) is 4. The molecule has 0 unspecified atom stereocenters. The van der Waals surface area contributed by atoms with Crippen molar-refractivity contribution in [3.8, 4) is 0 Å². The number of fused-ring (bicyclic) bond motifs is 3. The Balaban J connectivity index is 1.95. The van der Waals surface area contributed by atoms with Crippen LogP contribution in [-0.4, -0.2) is 32.7 Å². The predicted molar refractivity (Wildman–Crippen MR) is 73.3 cm³/mol. The van der Waals surface area contributed by atoms with Crippen LogP contribution in [-0.2, 0) is 17.7 Å². The van der Waals surface area contributed by atoms with Crippen LogP contribution in [0.5, 0.6) is 0 Å². The Morgan fingerprint density at radius 3 is 2.95 bits per heavy atom. The van der Waals surface area contributed by atoms with Crippen LogP contribution in [0.15, 0.2) is 17.3 Å². The van der Waals surface area contributed by atoms with Crippen molar-refractivity contribution in [3.05, 3.63) is 28.9 Å². The Morgan fingerprint density at radius 2 is 2.20 bits per heavy atom. The van der Waals surface area contributed by atoms with Crippen molar-refractivity contribution in [1.29, 1.82) is 0 Å². The third kappa shape index (κ3) is 2.33. The zero-order valence-electron chi connectivity index (χ0n) is 12.0. The Hall–Kier alpha value is -2.11. The molecule has 1 amide bonds. The van der Waals surface area contributed by atoms with E-state index < -0.39 is 5.60 Å². The third-order valence-electron chi connectivity index (χ3n) is 3.14.